The summed E-state index contributed by atoms with van der Waals surface area (Å²) in [5.74, 6) is 0.267. The van der Waals surface area contributed by atoms with Crippen LogP contribution in [0.25, 0.3) is 0 Å². The molecule has 19 heavy (non-hydrogen) atoms. The molecule has 1 fully saturated rings. The number of nitrogens with one attached hydrogen (secondary N) is 1. The monoisotopic (exact) mass is 368 g/mol. The lowest BCUT2D eigenvalue weighted by Crippen LogP contribution is -2.57. The molecule has 106 valence electrons. The first-order valence-corrected chi connectivity index (χ1v) is 8.21. The van der Waals surface area contributed by atoms with Crippen molar-refractivity contribution in [1.82, 2.24) is 9.62 Å². The zero-order valence-electron chi connectivity index (χ0n) is 10.5. The summed E-state index contributed by atoms with van der Waals surface area (Å²) in [5, 5.41) is 3.38. The quantitative estimate of drug-likeness (QED) is 0.878. The molecule has 0 unspecified atom stereocenters. The van der Waals surface area contributed by atoms with E-state index in [0.29, 0.717) is 22.6 Å². The third-order valence-electron chi connectivity index (χ3n) is 3.11. The Morgan fingerprint density at radius 2 is 2.11 bits per heavy atom. The molecule has 1 aliphatic heterocycles. The van der Waals surface area contributed by atoms with E-state index in [9.17, 15) is 8.42 Å². The van der Waals surface area contributed by atoms with Crippen molar-refractivity contribution in [1.29, 1.82) is 0 Å². The van der Waals surface area contributed by atoms with Crippen molar-refractivity contribution < 1.29 is 13.2 Å². The van der Waals surface area contributed by atoms with Gasteiger partial charge in [0.05, 0.1) is 11.6 Å². The zero-order chi connectivity index (χ0) is 14.2. The maximum absolute atomic E-state index is 12.6. The van der Waals surface area contributed by atoms with Crippen molar-refractivity contribution in [3.8, 4) is 5.75 Å². The van der Waals surface area contributed by atoms with Gasteiger partial charge >= 0.3 is 0 Å². The second kappa shape index (κ2) is 5.57. The molecule has 1 N–H and O–H groups in total. The predicted molar refractivity (Wildman–Crippen MR) is 77.3 cm³/mol. The van der Waals surface area contributed by atoms with Crippen LogP contribution in [0.4, 0.5) is 0 Å². The van der Waals surface area contributed by atoms with Crippen LogP contribution < -0.4 is 10.1 Å². The van der Waals surface area contributed by atoms with Crippen molar-refractivity contribution in [3.05, 3.63) is 21.6 Å². The average molecular weight is 370 g/mol. The Hall–Kier alpha value is -0.340. The molecule has 0 radical (unpaired) electrons. The van der Waals surface area contributed by atoms with E-state index in [2.05, 4.69) is 21.2 Å². The van der Waals surface area contributed by atoms with Gasteiger partial charge in [-0.05, 0) is 28.1 Å². The number of nitrogens with zero attached hydrogens (tertiary/aromatic N) is 1. The lowest BCUT2D eigenvalue weighted by atomic mass is 10.2. The largest absolute Gasteiger partial charge is 0.494 e. The van der Waals surface area contributed by atoms with Crippen LogP contribution in [0.5, 0.6) is 5.75 Å². The second-order valence-electron chi connectivity index (χ2n) is 4.25. The smallest absolute Gasteiger partial charge is 0.246 e. The van der Waals surface area contributed by atoms with E-state index in [0.717, 1.165) is 0 Å². The molecule has 8 heteroatoms. The highest BCUT2D eigenvalue weighted by Crippen LogP contribution is 2.37. The fraction of sp³-hybridized carbons (Fsp3) is 0.455. The molecule has 0 spiro atoms. The Kier molecular flexibility index (Phi) is 4.42. The minimum absolute atomic E-state index is 0.0348. The summed E-state index contributed by atoms with van der Waals surface area (Å²) in [6.07, 6.45) is 0. The highest BCUT2D eigenvalue weighted by Gasteiger charge is 2.34. The van der Waals surface area contributed by atoms with E-state index < -0.39 is 10.0 Å². The number of benzene rings is 1. The maximum atomic E-state index is 12.6. The van der Waals surface area contributed by atoms with Crippen molar-refractivity contribution in [2.24, 2.45) is 0 Å². The van der Waals surface area contributed by atoms with Gasteiger partial charge in [-0.2, -0.15) is 4.31 Å². The summed E-state index contributed by atoms with van der Waals surface area (Å²) in [5.41, 5.74) is 0. The van der Waals surface area contributed by atoms with Crippen LogP contribution in [0.3, 0.4) is 0 Å². The Labute approximate surface area is 126 Å². The molecular formula is C11H14BrClN2O3S. The van der Waals surface area contributed by atoms with Crippen LogP contribution in [0.1, 0.15) is 0 Å². The van der Waals surface area contributed by atoms with Crippen LogP contribution in [0.2, 0.25) is 5.02 Å². The number of ether oxygens (including phenoxy) is 1. The fourth-order valence-corrected chi connectivity index (χ4v) is 4.53. The second-order valence-corrected chi connectivity index (χ2v) is 7.51. The van der Waals surface area contributed by atoms with E-state index in [1.54, 1.807) is 13.1 Å². The minimum atomic E-state index is -3.63. The summed E-state index contributed by atoms with van der Waals surface area (Å²) in [6.45, 7) is 1.31. The molecule has 1 aliphatic rings. The van der Waals surface area contributed by atoms with E-state index in [-0.39, 0.29) is 16.7 Å². The zero-order valence-corrected chi connectivity index (χ0v) is 13.6. The van der Waals surface area contributed by atoms with Gasteiger partial charge in [0.15, 0.2) is 5.75 Å². The molecule has 1 saturated heterocycles. The highest BCUT2D eigenvalue weighted by atomic mass is 79.9. The van der Waals surface area contributed by atoms with Gasteiger partial charge < -0.3 is 10.1 Å². The molecule has 0 saturated carbocycles. The molecule has 2 rings (SSSR count). The highest BCUT2D eigenvalue weighted by molar-refractivity contribution is 9.10. The van der Waals surface area contributed by atoms with Crippen LogP contribution in [-0.2, 0) is 10.0 Å². The van der Waals surface area contributed by atoms with Crippen molar-refractivity contribution in [3.63, 3.8) is 0 Å². The van der Waals surface area contributed by atoms with Gasteiger partial charge in [0, 0.05) is 31.2 Å². The third-order valence-corrected chi connectivity index (χ3v) is 5.83. The normalized spacial score (nSPS) is 16.5. The first-order chi connectivity index (χ1) is 8.87. The Bertz CT molecular complexity index is 590. The SMILES string of the molecule is COc1c(Br)cc(Cl)cc1S(=O)(=O)N(C)C1CNC1. The molecule has 0 aliphatic carbocycles. The standard InChI is InChI=1S/C11H14BrClN2O3S/c1-15(8-5-14-6-8)19(16,17)10-4-7(13)3-9(12)11(10)18-2/h3-4,8,14H,5-6H2,1-2H3. The van der Waals surface area contributed by atoms with Crippen LogP contribution in [-0.4, -0.2) is 46.0 Å². The molecule has 1 heterocycles. The molecule has 1 aromatic rings. The number of hydrogen-bond donors (Lipinski definition) is 1. The van der Waals surface area contributed by atoms with Crippen molar-refractivity contribution in [2.75, 3.05) is 27.2 Å². The summed E-state index contributed by atoms with van der Waals surface area (Å²) < 4.78 is 32.2. The summed E-state index contributed by atoms with van der Waals surface area (Å²) in [4.78, 5) is 0.0729. The molecule has 5 nitrogen and oxygen atoms in total. The third kappa shape index (κ3) is 2.75. The van der Waals surface area contributed by atoms with Gasteiger partial charge in [0.25, 0.3) is 0 Å². The Morgan fingerprint density at radius 1 is 1.47 bits per heavy atom. The number of halogens is 2. The van der Waals surface area contributed by atoms with Crippen molar-refractivity contribution >= 4 is 37.6 Å². The summed E-state index contributed by atoms with van der Waals surface area (Å²) in [6, 6.07) is 2.97. The average Bonchev–Trinajstić information content (AvgIpc) is 2.25. The topological polar surface area (TPSA) is 58.6 Å². The van der Waals surface area contributed by atoms with Crippen LogP contribution >= 0.6 is 27.5 Å². The Morgan fingerprint density at radius 3 is 2.58 bits per heavy atom. The van der Waals surface area contributed by atoms with Crippen molar-refractivity contribution in [2.45, 2.75) is 10.9 Å². The van der Waals surface area contributed by atoms with Gasteiger partial charge in [-0.25, -0.2) is 8.42 Å². The van der Waals surface area contributed by atoms with Gasteiger partial charge in [0.2, 0.25) is 10.0 Å². The summed E-state index contributed by atoms with van der Waals surface area (Å²) >= 11 is 9.20. The molecular weight excluding hydrogens is 356 g/mol. The fourth-order valence-electron chi connectivity index (χ4n) is 1.81. The molecule has 1 aromatic carbocycles. The van der Waals surface area contributed by atoms with Crippen LogP contribution in [0.15, 0.2) is 21.5 Å². The first-order valence-electron chi connectivity index (χ1n) is 5.59. The molecule has 0 amide bonds. The Balaban J connectivity index is 2.50. The molecule has 0 atom stereocenters. The lowest BCUT2D eigenvalue weighted by molar-refractivity contribution is 0.273. The number of hydrogen-bond acceptors (Lipinski definition) is 4. The maximum Gasteiger partial charge on any atom is 0.246 e. The van der Waals surface area contributed by atoms with Gasteiger partial charge in [-0.3, -0.25) is 0 Å². The van der Waals surface area contributed by atoms with Gasteiger partial charge in [0.1, 0.15) is 4.90 Å². The number of likely N-dealkylation sites (N-methyl/N-ethyl adjacent to an activating group) is 1. The summed E-state index contributed by atoms with van der Waals surface area (Å²) in [7, 11) is -0.640. The molecule has 0 aromatic heterocycles. The lowest BCUT2D eigenvalue weighted by Gasteiger charge is -2.35. The molecule has 0 bridgehead atoms. The first kappa shape index (κ1) is 15.1. The number of methoxy groups -OCH3 is 1. The predicted octanol–water partition coefficient (Wildman–Crippen LogP) is 1.70. The van der Waals surface area contributed by atoms with E-state index in [1.165, 1.54) is 17.5 Å². The van der Waals surface area contributed by atoms with Gasteiger partial charge in [-0.15, -0.1) is 0 Å². The van der Waals surface area contributed by atoms with E-state index in [1.807, 2.05) is 0 Å². The minimum Gasteiger partial charge on any atom is -0.494 e. The van der Waals surface area contributed by atoms with Crippen LogP contribution in [0, 0.1) is 0 Å². The number of rotatable bonds is 4. The van der Waals surface area contributed by atoms with Gasteiger partial charge in [-0.1, -0.05) is 11.6 Å². The van der Waals surface area contributed by atoms with E-state index in [4.69, 9.17) is 16.3 Å². The van der Waals surface area contributed by atoms with E-state index >= 15 is 0 Å². The number of sulfonamides is 1.